The topological polar surface area (TPSA) is 63.5 Å². The third kappa shape index (κ3) is 7.27. The molecule has 3 rings (SSSR count). The van der Waals surface area contributed by atoms with E-state index in [0.29, 0.717) is 5.92 Å². The number of benzene rings is 1. The van der Waals surface area contributed by atoms with Crippen molar-refractivity contribution in [3.63, 3.8) is 0 Å². The van der Waals surface area contributed by atoms with Crippen molar-refractivity contribution in [2.24, 2.45) is 10.9 Å². The van der Waals surface area contributed by atoms with Gasteiger partial charge in [-0.15, -0.1) is 24.0 Å². The second kappa shape index (κ2) is 12.9. The molecule has 7 heteroatoms. The van der Waals surface area contributed by atoms with Crippen LogP contribution in [-0.2, 0) is 11.3 Å². The minimum absolute atomic E-state index is 0. The average molecular weight is 525 g/mol. The van der Waals surface area contributed by atoms with Crippen LogP contribution in [0.4, 0.5) is 0 Å². The van der Waals surface area contributed by atoms with E-state index in [0.717, 1.165) is 63.7 Å². The lowest BCUT2D eigenvalue weighted by atomic mass is 9.89. The van der Waals surface area contributed by atoms with Crippen molar-refractivity contribution in [3.05, 3.63) is 53.3 Å². The second-order valence-corrected chi connectivity index (χ2v) is 7.75. The van der Waals surface area contributed by atoms with Gasteiger partial charge in [0, 0.05) is 44.4 Å². The standard InChI is InChI=1S/C23H35N5O.HI/c1-4-24-23(25-13-9-14-28-19(3)16-18(2)27-28)26-17-21-12-8-15-29-22(21)20-10-6-5-7-11-20;/h5-7,10-11,16,21-22H,4,8-9,12-15,17H2,1-3H3,(H2,24,25,26);1H. The van der Waals surface area contributed by atoms with Crippen LogP contribution in [0.25, 0.3) is 0 Å². The molecule has 0 radical (unpaired) electrons. The second-order valence-electron chi connectivity index (χ2n) is 7.75. The number of aryl methyl sites for hydroxylation is 3. The Hall–Kier alpha value is -1.61. The van der Waals surface area contributed by atoms with Gasteiger partial charge < -0.3 is 15.4 Å². The molecule has 2 N–H and O–H groups in total. The Morgan fingerprint density at radius 1 is 1.23 bits per heavy atom. The largest absolute Gasteiger partial charge is 0.373 e. The molecule has 0 saturated carbocycles. The summed E-state index contributed by atoms with van der Waals surface area (Å²) in [6.07, 6.45) is 3.41. The fraction of sp³-hybridized carbons (Fsp3) is 0.565. The summed E-state index contributed by atoms with van der Waals surface area (Å²) in [5.41, 5.74) is 3.55. The van der Waals surface area contributed by atoms with Gasteiger partial charge in [-0.25, -0.2) is 0 Å². The Morgan fingerprint density at radius 2 is 2.03 bits per heavy atom. The van der Waals surface area contributed by atoms with E-state index in [1.54, 1.807) is 0 Å². The monoisotopic (exact) mass is 525 g/mol. The minimum atomic E-state index is 0. The number of aliphatic imine (C=N–C) groups is 1. The molecule has 1 aliphatic rings. The number of nitrogens with zero attached hydrogens (tertiary/aromatic N) is 3. The van der Waals surface area contributed by atoms with E-state index in [9.17, 15) is 0 Å². The highest BCUT2D eigenvalue weighted by atomic mass is 127. The van der Waals surface area contributed by atoms with Crippen LogP contribution < -0.4 is 10.6 Å². The van der Waals surface area contributed by atoms with E-state index >= 15 is 0 Å². The molecule has 30 heavy (non-hydrogen) atoms. The molecule has 2 unspecified atom stereocenters. The van der Waals surface area contributed by atoms with Crippen molar-refractivity contribution < 1.29 is 4.74 Å². The lowest BCUT2D eigenvalue weighted by molar-refractivity contribution is -0.0250. The van der Waals surface area contributed by atoms with Gasteiger partial charge in [0.2, 0.25) is 0 Å². The van der Waals surface area contributed by atoms with Crippen LogP contribution in [0.15, 0.2) is 41.4 Å². The van der Waals surface area contributed by atoms with Gasteiger partial charge in [0.15, 0.2) is 5.96 Å². The zero-order valence-electron chi connectivity index (χ0n) is 18.4. The third-order valence-electron chi connectivity index (χ3n) is 5.34. The average Bonchev–Trinajstić information content (AvgIpc) is 3.07. The highest BCUT2D eigenvalue weighted by Crippen LogP contribution is 2.33. The Kier molecular flexibility index (Phi) is 10.6. The summed E-state index contributed by atoms with van der Waals surface area (Å²) in [5, 5.41) is 11.4. The Morgan fingerprint density at radius 3 is 2.73 bits per heavy atom. The van der Waals surface area contributed by atoms with Crippen LogP contribution >= 0.6 is 24.0 Å². The maximum Gasteiger partial charge on any atom is 0.191 e. The van der Waals surface area contributed by atoms with Crippen LogP contribution in [-0.4, -0.2) is 42.0 Å². The molecule has 0 spiro atoms. The number of nitrogens with one attached hydrogen (secondary N) is 2. The number of hydrogen-bond acceptors (Lipinski definition) is 3. The third-order valence-corrected chi connectivity index (χ3v) is 5.34. The summed E-state index contributed by atoms with van der Waals surface area (Å²) >= 11 is 0. The van der Waals surface area contributed by atoms with Crippen molar-refractivity contribution in [1.82, 2.24) is 20.4 Å². The number of ether oxygens (including phenoxy) is 1. The van der Waals surface area contributed by atoms with Gasteiger partial charge in [-0.1, -0.05) is 30.3 Å². The predicted octanol–water partition coefficient (Wildman–Crippen LogP) is 4.23. The van der Waals surface area contributed by atoms with E-state index in [2.05, 4.69) is 70.7 Å². The molecule has 2 atom stereocenters. The molecule has 6 nitrogen and oxygen atoms in total. The number of halogens is 1. The van der Waals surface area contributed by atoms with E-state index in [1.165, 1.54) is 11.3 Å². The molecule has 0 aliphatic carbocycles. The molecular weight excluding hydrogens is 489 g/mol. The SMILES string of the molecule is CCNC(=NCC1CCCOC1c1ccccc1)NCCCn1nc(C)cc1C.I. The zero-order chi connectivity index (χ0) is 20.5. The van der Waals surface area contributed by atoms with Crippen molar-refractivity contribution in [1.29, 1.82) is 0 Å². The lowest BCUT2D eigenvalue weighted by Crippen LogP contribution is -2.39. The van der Waals surface area contributed by atoms with Crippen LogP contribution in [0, 0.1) is 19.8 Å². The summed E-state index contributed by atoms with van der Waals surface area (Å²) < 4.78 is 8.18. The first-order valence-corrected chi connectivity index (χ1v) is 10.9. The summed E-state index contributed by atoms with van der Waals surface area (Å²) in [6.45, 7) is 10.5. The minimum Gasteiger partial charge on any atom is -0.373 e. The van der Waals surface area contributed by atoms with Gasteiger partial charge in [-0.05, 0) is 51.7 Å². The summed E-state index contributed by atoms with van der Waals surface area (Å²) in [6, 6.07) is 12.7. The Bertz CT molecular complexity index is 777. The van der Waals surface area contributed by atoms with Gasteiger partial charge >= 0.3 is 0 Å². The maximum atomic E-state index is 6.11. The van der Waals surface area contributed by atoms with Crippen molar-refractivity contribution in [2.45, 2.75) is 52.7 Å². The smallest absolute Gasteiger partial charge is 0.191 e. The van der Waals surface area contributed by atoms with Crippen LogP contribution in [0.5, 0.6) is 0 Å². The molecule has 1 aliphatic heterocycles. The van der Waals surface area contributed by atoms with E-state index in [-0.39, 0.29) is 30.1 Å². The maximum absolute atomic E-state index is 6.11. The number of guanidine groups is 1. The van der Waals surface area contributed by atoms with Crippen LogP contribution in [0.2, 0.25) is 0 Å². The van der Waals surface area contributed by atoms with Crippen LogP contribution in [0.1, 0.15) is 49.2 Å². The Balaban J connectivity index is 0.00000320. The van der Waals surface area contributed by atoms with Crippen LogP contribution in [0.3, 0.4) is 0 Å². The zero-order valence-corrected chi connectivity index (χ0v) is 20.8. The first-order valence-electron chi connectivity index (χ1n) is 10.9. The van der Waals surface area contributed by atoms with E-state index in [1.807, 2.05) is 6.92 Å². The van der Waals surface area contributed by atoms with Crippen molar-refractivity contribution in [2.75, 3.05) is 26.2 Å². The number of rotatable bonds is 8. The van der Waals surface area contributed by atoms with Gasteiger partial charge in [-0.2, -0.15) is 5.10 Å². The molecule has 166 valence electrons. The number of hydrogen-bond donors (Lipinski definition) is 2. The summed E-state index contributed by atoms with van der Waals surface area (Å²) in [7, 11) is 0. The van der Waals surface area contributed by atoms with Crippen molar-refractivity contribution >= 4 is 29.9 Å². The summed E-state index contributed by atoms with van der Waals surface area (Å²) in [5.74, 6) is 1.30. The van der Waals surface area contributed by atoms with Crippen molar-refractivity contribution in [3.8, 4) is 0 Å². The molecule has 1 aromatic heterocycles. The quantitative estimate of drug-likeness (QED) is 0.235. The van der Waals surface area contributed by atoms with Gasteiger partial charge in [0.1, 0.15) is 0 Å². The molecule has 2 heterocycles. The molecule has 1 fully saturated rings. The molecule has 1 aromatic carbocycles. The first kappa shape index (κ1) is 24.7. The molecule has 0 amide bonds. The molecule has 2 aromatic rings. The highest BCUT2D eigenvalue weighted by Gasteiger charge is 2.27. The lowest BCUT2D eigenvalue weighted by Gasteiger charge is -2.31. The van der Waals surface area contributed by atoms with Gasteiger partial charge in [-0.3, -0.25) is 9.67 Å². The van der Waals surface area contributed by atoms with E-state index in [4.69, 9.17) is 9.73 Å². The van der Waals surface area contributed by atoms with Gasteiger partial charge in [0.05, 0.1) is 11.8 Å². The summed E-state index contributed by atoms with van der Waals surface area (Å²) in [4.78, 5) is 4.87. The molecule has 1 saturated heterocycles. The number of aromatic nitrogens is 2. The normalized spacial score (nSPS) is 19.2. The molecule has 0 bridgehead atoms. The fourth-order valence-electron chi connectivity index (χ4n) is 3.93. The highest BCUT2D eigenvalue weighted by molar-refractivity contribution is 14.0. The predicted molar refractivity (Wildman–Crippen MR) is 134 cm³/mol. The first-order chi connectivity index (χ1) is 14.2. The Labute approximate surface area is 197 Å². The van der Waals surface area contributed by atoms with Gasteiger partial charge in [0.25, 0.3) is 0 Å². The van der Waals surface area contributed by atoms with E-state index < -0.39 is 0 Å². The fourth-order valence-corrected chi connectivity index (χ4v) is 3.93. The molecular formula is C23H36IN5O.